The summed E-state index contributed by atoms with van der Waals surface area (Å²) in [4.78, 5) is 26.4. The molecule has 1 fully saturated rings. The molecule has 1 amide bonds. The summed E-state index contributed by atoms with van der Waals surface area (Å²) in [6, 6.07) is 9.83. The second-order valence-electron chi connectivity index (χ2n) is 7.03. The number of carboxylic acid groups (broad SMARTS) is 1. The summed E-state index contributed by atoms with van der Waals surface area (Å²) in [6.07, 6.45) is 0.902. The van der Waals surface area contributed by atoms with Gasteiger partial charge in [-0.3, -0.25) is 9.59 Å². The summed E-state index contributed by atoms with van der Waals surface area (Å²) >= 11 is 0.964. The number of hydrogen-bond donors (Lipinski definition) is 2. The summed E-state index contributed by atoms with van der Waals surface area (Å²) in [6.45, 7) is 2.00. The largest absolute Gasteiger partial charge is 0.481 e. The summed E-state index contributed by atoms with van der Waals surface area (Å²) in [5, 5.41) is 20.4. The number of carbonyl (C=O) groups excluding carboxylic acids is 1. The van der Waals surface area contributed by atoms with E-state index in [1.54, 1.807) is 6.92 Å². The van der Waals surface area contributed by atoms with Gasteiger partial charge < -0.3 is 15.1 Å². The first-order chi connectivity index (χ1) is 12.9. The number of rotatable bonds is 6. The quantitative estimate of drug-likeness (QED) is 0.785. The number of likely N-dealkylation sites (tertiary alicyclic amines) is 1. The zero-order valence-corrected chi connectivity index (χ0v) is 16.0. The number of aryl methyl sites for hydroxylation is 2. The van der Waals surface area contributed by atoms with E-state index in [2.05, 4.69) is 8.75 Å². The smallest absolute Gasteiger partial charge is 0.314 e. The molecule has 2 N–H and O–H groups in total. The van der Waals surface area contributed by atoms with Gasteiger partial charge in [0.15, 0.2) is 5.69 Å². The van der Waals surface area contributed by atoms with Crippen LogP contribution in [-0.4, -0.2) is 54.9 Å². The first kappa shape index (κ1) is 19.4. The Kier molecular flexibility index (Phi) is 5.86. The van der Waals surface area contributed by atoms with Crippen molar-refractivity contribution in [2.24, 2.45) is 5.41 Å². The van der Waals surface area contributed by atoms with Gasteiger partial charge in [-0.15, -0.1) is 0 Å². The van der Waals surface area contributed by atoms with Crippen molar-refractivity contribution in [3.05, 3.63) is 47.3 Å². The van der Waals surface area contributed by atoms with E-state index in [1.165, 1.54) is 4.90 Å². The summed E-state index contributed by atoms with van der Waals surface area (Å²) in [5.74, 6) is -1.38. The topological polar surface area (TPSA) is 104 Å². The van der Waals surface area contributed by atoms with Crippen LogP contribution in [0.15, 0.2) is 30.3 Å². The van der Waals surface area contributed by atoms with Crippen LogP contribution in [0, 0.1) is 12.3 Å². The molecule has 1 aromatic heterocycles. The first-order valence-corrected chi connectivity index (χ1v) is 9.71. The van der Waals surface area contributed by atoms with Crippen molar-refractivity contribution in [2.45, 2.75) is 38.7 Å². The highest BCUT2D eigenvalue weighted by Gasteiger charge is 2.50. The molecule has 0 radical (unpaired) electrons. The van der Waals surface area contributed by atoms with E-state index >= 15 is 0 Å². The Hall–Kier alpha value is -2.32. The lowest BCUT2D eigenvalue weighted by atomic mass is 9.73. The molecule has 144 valence electrons. The summed E-state index contributed by atoms with van der Waals surface area (Å²) in [7, 11) is 0. The molecule has 3 rings (SSSR count). The molecule has 0 spiro atoms. The highest BCUT2D eigenvalue weighted by atomic mass is 32.1. The molecule has 1 saturated heterocycles. The van der Waals surface area contributed by atoms with Crippen molar-refractivity contribution in [3.63, 3.8) is 0 Å². The Morgan fingerprint density at radius 1 is 1.30 bits per heavy atom. The van der Waals surface area contributed by atoms with Gasteiger partial charge in [0.1, 0.15) is 5.41 Å². The highest BCUT2D eigenvalue weighted by molar-refractivity contribution is 6.99. The molecular formula is C19H23N3O4S. The maximum atomic E-state index is 12.7. The van der Waals surface area contributed by atoms with Crippen molar-refractivity contribution >= 4 is 23.6 Å². The van der Waals surface area contributed by atoms with Gasteiger partial charge in [0.05, 0.1) is 23.5 Å². The fourth-order valence-corrected chi connectivity index (χ4v) is 4.19. The van der Waals surface area contributed by atoms with E-state index < -0.39 is 17.5 Å². The number of piperidine rings is 1. The number of aliphatic carboxylic acids is 1. The summed E-state index contributed by atoms with van der Waals surface area (Å²) < 4.78 is 8.05. The third-order valence-corrected chi connectivity index (χ3v) is 5.90. The third-order valence-electron chi connectivity index (χ3n) is 5.28. The predicted octanol–water partition coefficient (Wildman–Crippen LogP) is 2.15. The minimum absolute atomic E-state index is 0.0198. The van der Waals surface area contributed by atoms with Crippen LogP contribution >= 0.6 is 11.7 Å². The molecular weight excluding hydrogens is 366 g/mol. The van der Waals surface area contributed by atoms with Gasteiger partial charge in [-0.1, -0.05) is 30.3 Å². The van der Waals surface area contributed by atoms with Crippen molar-refractivity contribution in [2.75, 3.05) is 13.1 Å². The van der Waals surface area contributed by atoms with Crippen LogP contribution in [0.3, 0.4) is 0 Å². The van der Waals surface area contributed by atoms with Crippen LogP contribution in [0.5, 0.6) is 0 Å². The molecule has 1 aromatic carbocycles. The number of carboxylic acids is 1. The van der Waals surface area contributed by atoms with E-state index in [0.29, 0.717) is 25.1 Å². The van der Waals surface area contributed by atoms with Gasteiger partial charge in [0, 0.05) is 13.1 Å². The van der Waals surface area contributed by atoms with Crippen molar-refractivity contribution in [3.8, 4) is 0 Å². The predicted molar refractivity (Wildman–Crippen MR) is 101 cm³/mol. The van der Waals surface area contributed by atoms with Crippen LogP contribution in [0.4, 0.5) is 0 Å². The number of benzene rings is 1. The maximum Gasteiger partial charge on any atom is 0.314 e. The molecule has 1 aliphatic heterocycles. The Labute approximate surface area is 162 Å². The third kappa shape index (κ3) is 4.01. The second kappa shape index (κ2) is 8.14. The standard InChI is InChI=1S/C19H23N3O4S/c1-13-16(21-27-20-13)17(24)22-11-9-15(23)19(12-22,18(25)26)10-5-8-14-6-3-2-4-7-14/h2-4,6-7,15,23H,5,8-12H2,1H3,(H,25,26)/t15-,19-/m1/s1. The SMILES string of the molecule is Cc1nsnc1C(=O)N1CC[C@@H](O)[C@](CCCc2ccccc2)(C(=O)O)C1. The van der Waals surface area contributed by atoms with Gasteiger partial charge in [-0.25, -0.2) is 0 Å². The van der Waals surface area contributed by atoms with Gasteiger partial charge in [-0.05, 0) is 38.2 Å². The number of amides is 1. The van der Waals surface area contributed by atoms with Crippen LogP contribution in [0.1, 0.15) is 41.0 Å². The normalized spacial score (nSPS) is 22.6. The Balaban J connectivity index is 1.74. The van der Waals surface area contributed by atoms with Crippen molar-refractivity contribution in [1.29, 1.82) is 0 Å². The van der Waals surface area contributed by atoms with E-state index in [4.69, 9.17) is 0 Å². The number of nitrogens with zero attached hydrogens (tertiary/aromatic N) is 3. The average Bonchev–Trinajstić information content (AvgIpc) is 3.09. The van der Waals surface area contributed by atoms with Gasteiger partial charge in [-0.2, -0.15) is 8.75 Å². The molecule has 2 atom stereocenters. The van der Waals surface area contributed by atoms with Crippen LogP contribution in [-0.2, 0) is 11.2 Å². The molecule has 8 heteroatoms. The number of aromatic nitrogens is 2. The number of aliphatic hydroxyl groups is 1. The molecule has 0 saturated carbocycles. The van der Waals surface area contributed by atoms with E-state index in [0.717, 1.165) is 23.7 Å². The monoisotopic (exact) mass is 389 g/mol. The lowest BCUT2D eigenvalue weighted by Crippen LogP contribution is -2.57. The maximum absolute atomic E-state index is 12.7. The van der Waals surface area contributed by atoms with Gasteiger partial charge in [0.25, 0.3) is 5.91 Å². The zero-order chi connectivity index (χ0) is 19.4. The van der Waals surface area contributed by atoms with Gasteiger partial charge in [0.2, 0.25) is 0 Å². The minimum atomic E-state index is -1.36. The van der Waals surface area contributed by atoms with Crippen LogP contribution in [0.2, 0.25) is 0 Å². The highest BCUT2D eigenvalue weighted by Crippen LogP contribution is 2.36. The molecule has 0 bridgehead atoms. The fraction of sp³-hybridized carbons (Fsp3) is 0.474. The molecule has 2 heterocycles. The molecule has 2 aromatic rings. The van der Waals surface area contributed by atoms with Crippen LogP contribution < -0.4 is 0 Å². The van der Waals surface area contributed by atoms with Crippen molar-refractivity contribution in [1.82, 2.24) is 13.6 Å². The van der Waals surface area contributed by atoms with Crippen molar-refractivity contribution < 1.29 is 19.8 Å². The molecule has 27 heavy (non-hydrogen) atoms. The molecule has 7 nitrogen and oxygen atoms in total. The van der Waals surface area contributed by atoms with E-state index in [-0.39, 0.29) is 24.6 Å². The Morgan fingerprint density at radius 3 is 2.67 bits per heavy atom. The Morgan fingerprint density at radius 2 is 2.04 bits per heavy atom. The van der Waals surface area contributed by atoms with E-state index in [9.17, 15) is 19.8 Å². The number of hydrogen-bond acceptors (Lipinski definition) is 6. The first-order valence-electron chi connectivity index (χ1n) is 8.98. The Bertz CT molecular complexity index is 810. The van der Waals surface area contributed by atoms with E-state index in [1.807, 2.05) is 30.3 Å². The van der Waals surface area contributed by atoms with Gasteiger partial charge >= 0.3 is 5.97 Å². The second-order valence-corrected chi connectivity index (χ2v) is 7.56. The lowest BCUT2D eigenvalue weighted by molar-refractivity contribution is -0.162. The van der Waals surface area contributed by atoms with Crippen LogP contribution in [0.25, 0.3) is 0 Å². The molecule has 0 unspecified atom stereocenters. The molecule has 0 aliphatic carbocycles. The minimum Gasteiger partial charge on any atom is -0.481 e. The zero-order valence-electron chi connectivity index (χ0n) is 15.2. The number of aliphatic hydroxyl groups excluding tert-OH is 1. The average molecular weight is 389 g/mol. The lowest BCUT2D eigenvalue weighted by Gasteiger charge is -2.43. The fourth-order valence-electron chi connectivity index (χ4n) is 3.64. The molecule has 1 aliphatic rings. The number of carbonyl (C=O) groups is 2. The summed E-state index contributed by atoms with van der Waals surface area (Å²) in [5.41, 5.74) is 0.571.